The standard InChI is InChI=1S/C8H7N3O2/c9-6-10-11(13)8-3-1-7(5-12)2-4-8/h1-4,12H,5H2. The van der Waals surface area contributed by atoms with Crippen molar-refractivity contribution in [3.05, 3.63) is 35.0 Å². The largest absolute Gasteiger partial charge is 0.593 e. The molecule has 1 rings (SSSR count). The third-order valence-electron chi connectivity index (χ3n) is 1.48. The van der Waals surface area contributed by atoms with Crippen molar-refractivity contribution in [2.45, 2.75) is 6.61 Å². The first-order valence-corrected chi connectivity index (χ1v) is 3.54. The van der Waals surface area contributed by atoms with Crippen LogP contribution in [0.5, 0.6) is 0 Å². The van der Waals surface area contributed by atoms with E-state index in [0.717, 1.165) is 0 Å². The second-order valence-corrected chi connectivity index (χ2v) is 2.30. The van der Waals surface area contributed by atoms with E-state index in [1.54, 1.807) is 12.1 Å². The minimum absolute atomic E-state index is 0.0749. The van der Waals surface area contributed by atoms with E-state index in [9.17, 15) is 5.21 Å². The third-order valence-corrected chi connectivity index (χ3v) is 1.48. The summed E-state index contributed by atoms with van der Waals surface area (Å²) in [6, 6.07) is 6.15. The molecule has 0 bridgehead atoms. The highest BCUT2D eigenvalue weighted by molar-refractivity contribution is 5.32. The quantitative estimate of drug-likeness (QED) is 0.319. The molecule has 0 saturated heterocycles. The molecule has 0 aliphatic carbocycles. The van der Waals surface area contributed by atoms with E-state index in [4.69, 9.17) is 10.4 Å². The predicted octanol–water partition coefficient (Wildman–Crippen LogP) is 1.25. The van der Waals surface area contributed by atoms with Crippen LogP contribution in [0, 0.1) is 16.7 Å². The molecule has 1 aromatic carbocycles. The van der Waals surface area contributed by atoms with Gasteiger partial charge in [0.2, 0.25) is 5.69 Å². The second kappa shape index (κ2) is 4.18. The lowest BCUT2D eigenvalue weighted by molar-refractivity contribution is -0.435. The normalized spacial score (nSPS) is 10.9. The molecule has 5 nitrogen and oxygen atoms in total. The number of nitriles is 1. The van der Waals surface area contributed by atoms with Crippen LogP contribution in [-0.2, 0) is 6.61 Å². The predicted molar refractivity (Wildman–Crippen MR) is 43.7 cm³/mol. The zero-order chi connectivity index (χ0) is 9.68. The summed E-state index contributed by atoms with van der Waals surface area (Å²) in [7, 11) is 0. The van der Waals surface area contributed by atoms with Gasteiger partial charge in [-0.3, -0.25) is 0 Å². The molecule has 66 valence electrons. The van der Waals surface area contributed by atoms with E-state index in [1.807, 2.05) is 0 Å². The lowest BCUT2D eigenvalue weighted by atomic mass is 10.2. The van der Waals surface area contributed by atoms with Gasteiger partial charge in [-0.05, 0) is 22.6 Å². The van der Waals surface area contributed by atoms with Crippen molar-refractivity contribution in [1.82, 2.24) is 0 Å². The van der Waals surface area contributed by atoms with Crippen LogP contribution in [0.3, 0.4) is 0 Å². The highest BCUT2D eigenvalue weighted by atomic mass is 16.5. The SMILES string of the molecule is N#CN=[N+]([O-])c1ccc(CO)cc1. The fourth-order valence-corrected chi connectivity index (χ4v) is 0.827. The average molecular weight is 177 g/mol. The number of benzene rings is 1. The van der Waals surface area contributed by atoms with Gasteiger partial charge < -0.3 is 10.3 Å². The molecule has 13 heavy (non-hydrogen) atoms. The molecule has 0 saturated carbocycles. The van der Waals surface area contributed by atoms with Crippen LogP contribution in [0.1, 0.15) is 5.56 Å². The molecule has 0 aliphatic rings. The van der Waals surface area contributed by atoms with Gasteiger partial charge in [0.05, 0.1) is 11.7 Å². The number of azo groups is 1. The Balaban J connectivity index is 2.94. The van der Waals surface area contributed by atoms with Gasteiger partial charge in [-0.25, -0.2) is 0 Å². The first-order chi connectivity index (χ1) is 6.27. The fraction of sp³-hybridized carbons (Fsp3) is 0.125. The van der Waals surface area contributed by atoms with Crippen LogP contribution in [0.4, 0.5) is 5.69 Å². The molecule has 0 radical (unpaired) electrons. The van der Waals surface area contributed by atoms with Crippen molar-refractivity contribution < 1.29 is 9.97 Å². The molecular weight excluding hydrogens is 170 g/mol. The van der Waals surface area contributed by atoms with E-state index in [2.05, 4.69) is 5.11 Å². The Hall–Kier alpha value is -1.93. The van der Waals surface area contributed by atoms with Gasteiger partial charge >= 0.3 is 0 Å². The van der Waals surface area contributed by atoms with Gasteiger partial charge in [0.1, 0.15) is 0 Å². The molecular formula is C8H7N3O2. The molecule has 0 aliphatic heterocycles. The highest BCUT2D eigenvalue weighted by Crippen LogP contribution is 2.12. The monoisotopic (exact) mass is 177 g/mol. The number of nitrogens with zero attached hydrogens (tertiary/aromatic N) is 3. The van der Waals surface area contributed by atoms with Crippen LogP contribution in [0.2, 0.25) is 0 Å². The highest BCUT2D eigenvalue weighted by Gasteiger charge is 2.01. The lowest BCUT2D eigenvalue weighted by Gasteiger charge is -1.97. The molecule has 1 N–H and O–H groups in total. The van der Waals surface area contributed by atoms with Crippen molar-refractivity contribution in [2.24, 2.45) is 5.11 Å². The zero-order valence-corrected chi connectivity index (χ0v) is 6.71. The molecule has 0 amide bonds. The summed E-state index contributed by atoms with van der Waals surface area (Å²) in [6.07, 6.45) is 1.38. The van der Waals surface area contributed by atoms with Gasteiger partial charge in [0, 0.05) is 12.1 Å². The molecule has 0 heterocycles. The summed E-state index contributed by atoms with van der Waals surface area (Å²) in [5, 5.41) is 30.7. The minimum Gasteiger partial charge on any atom is -0.593 e. The van der Waals surface area contributed by atoms with Crippen molar-refractivity contribution in [1.29, 1.82) is 5.26 Å². The molecule has 1 aromatic rings. The maximum absolute atomic E-state index is 10.9. The minimum atomic E-state index is -0.0749. The number of hydrogen-bond acceptors (Lipinski definition) is 4. The summed E-state index contributed by atoms with van der Waals surface area (Å²) < 4.78 is 0. The van der Waals surface area contributed by atoms with Crippen LogP contribution >= 0.6 is 0 Å². The van der Waals surface area contributed by atoms with Crippen molar-refractivity contribution in [3.8, 4) is 6.19 Å². The Morgan fingerprint density at radius 3 is 2.54 bits per heavy atom. The number of rotatable bonds is 2. The summed E-state index contributed by atoms with van der Waals surface area (Å²) in [5.74, 6) is 0. The summed E-state index contributed by atoms with van der Waals surface area (Å²) >= 11 is 0. The van der Waals surface area contributed by atoms with E-state index in [0.29, 0.717) is 5.56 Å². The topological polar surface area (TPSA) is 82.5 Å². The first-order valence-electron chi connectivity index (χ1n) is 3.54. The molecule has 0 aromatic heterocycles. The molecule has 0 unspecified atom stereocenters. The maximum Gasteiger partial charge on any atom is 0.274 e. The Morgan fingerprint density at radius 1 is 1.46 bits per heavy atom. The van der Waals surface area contributed by atoms with Gasteiger partial charge in [0.25, 0.3) is 6.19 Å². The third kappa shape index (κ3) is 2.25. The van der Waals surface area contributed by atoms with E-state index < -0.39 is 0 Å². The molecule has 0 spiro atoms. The number of hydrogen-bond donors (Lipinski definition) is 1. The fourth-order valence-electron chi connectivity index (χ4n) is 0.827. The summed E-state index contributed by atoms with van der Waals surface area (Å²) in [4.78, 5) is 0.223. The molecule has 0 atom stereocenters. The smallest absolute Gasteiger partial charge is 0.274 e. The van der Waals surface area contributed by atoms with Gasteiger partial charge in [-0.1, -0.05) is 0 Å². The summed E-state index contributed by atoms with van der Waals surface area (Å²) in [5.41, 5.74) is 0.966. The van der Waals surface area contributed by atoms with Gasteiger partial charge in [-0.2, -0.15) is 5.26 Å². The van der Waals surface area contributed by atoms with E-state index >= 15 is 0 Å². The lowest BCUT2D eigenvalue weighted by Crippen LogP contribution is -1.90. The average Bonchev–Trinajstić information content (AvgIpc) is 2.18. The number of aliphatic hydroxyl groups excluding tert-OH is 1. The van der Waals surface area contributed by atoms with Crippen LogP contribution < -0.4 is 0 Å². The zero-order valence-electron chi connectivity index (χ0n) is 6.71. The van der Waals surface area contributed by atoms with Crippen LogP contribution in [-0.4, -0.2) is 9.97 Å². The molecule has 0 fully saturated rings. The Morgan fingerprint density at radius 2 is 2.08 bits per heavy atom. The Kier molecular flexibility index (Phi) is 2.95. The maximum atomic E-state index is 10.9. The van der Waals surface area contributed by atoms with Crippen LogP contribution in [0.25, 0.3) is 0 Å². The van der Waals surface area contributed by atoms with Crippen molar-refractivity contribution in [2.75, 3.05) is 0 Å². The Bertz CT molecular complexity index is 351. The van der Waals surface area contributed by atoms with E-state index in [1.165, 1.54) is 18.3 Å². The molecule has 5 heteroatoms. The summed E-state index contributed by atoms with van der Waals surface area (Å²) in [6.45, 7) is -0.0749. The van der Waals surface area contributed by atoms with Gasteiger partial charge in [-0.15, -0.1) is 0 Å². The number of aliphatic hydroxyl groups is 1. The first kappa shape index (κ1) is 9.16. The van der Waals surface area contributed by atoms with E-state index in [-0.39, 0.29) is 17.2 Å². The van der Waals surface area contributed by atoms with Crippen molar-refractivity contribution in [3.63, 3.8) is 0 Å². The van der Waals surface area contributed by atoms with Gasteiger partial charge in [0.15, 0.2) is 0 Å². The van der Waals surface area contributed by atoms with Crippen LogP contribution in [0.15, 0.2) is 29.4 Å². The second-order valence-electron chi connectivity index (χ2n) is 2.30. The Labute approximate surface area is 74.8 Å². The van der Waals surface area contributed by atoms with Crippen molar-refractivity contribution >= 4 is 5.69 Å².